The lowest BCUT2D eigenvalue weighted by molar-refractivity contribution is 0.127. The van der Waals surface area contributed by atoms with Crippen molar-refractivity contribution in [2.75, 3.05) is 6.61 Å². The highest BCUT2D eigenvalue weighted by Gasteiger charge is 2.41. The number of sulfonamides is 1. The second kappa shape index (κ2) is 5.58. The van der Waals surface area contributed by atoms with Crippen molar-refractivity contribution in [2.24, 2.45) is 5.41 Å². The Kier molecular flexibility index (Phi) is 4.32. The molecule has 8 heteroatoms. The first kappa shape index (κ1) is 16.3. The Balaban J connectivity index is 2.33. The van der Waals surface area contributed by atoms with Gasteiger partial charge in [-0.3, -0.25) is 0 Å². The molecule has 0 aliphatic heterocycles. The minimum absolute atomic E-state index is 0.198. The molecule has 0 saturated heterocycles. The lowest BCUT2D eigenvalue weighted by Crippen LogP contribution is -2.44. The van der Waals surface area contributed by atoms with Gasteiger partial charge in [-0.05, 0) is 18.9 Å². The van der Waals surface area contributed by atoms with Gasteiger partial charge in [-0.2, -0.15) is 0 Å². The molecule has 0 amide bonds. The van der Waals surface area contributed by atoms with Crippen molar-refractivity contribution >= 4 is 10.0 Å². The number of benzene rings is 1. The molecule has 0 spiro atoms. The Hall–Kier alpha value is -1.12. The molecule has 0 aromatic heterocycles. The van der Waals surface area contributed by atoms with Crippen molar-refractivity contribution in [1.29, 1.82) is 0 Å². The highest BCUT2D eigenvalue weighted by molar-refractivity contribution is 7.89. The van der Waals surface area contributed by atoms with E-state index in [2.05, 4.69) is 4.72 Å². The molecule has 0 heterocycles. The molecule has 0 bridgehead atoms. The van der Waals surface area contributed by atoms with Gasteiger partial charge in [0.2, 0.25) is 10.0 Å². The summed E-state index contributed by atoms with van der Waals surface area (Å²) in [5.74, 6) is -4.24. The lowest BCUT2D eigenvalue weighted by Gasteiger charge is -2.29. The third kappa shape index (κ3) is 3.07. The molecule has 2 rings (SSSR count). The number of rotatable bonds is 4. The molecule has 1 aromatic carbocycles. The Morgan fingerprint density at radius 2 is 1.90 bits per heavy atom. The fourth-order valence-electron chi connectivity index (χ4n) is 2.58. The van der Waals surface area contributed by atoms with Gasteiger partial charge in [0.05, 0.1) is 0 Å². The zero-order valence-electron chi connectivity index (χ0n) is 11.4. The molecule has 0 radical (unpaired) electrons. The summed E-state index contributed by atoms with van der Waals surface area (Å²) in [4.78, 5) is -0.936. The fourth-order valence-corrected chi connectivity index (χ4v) is 4.06. The summed E-state index contributed by atoms with van der Waals surface area (Å²) < 4.78 is 66.2. The van der Waals surface area contributed by atoms with Crippen molar-refractivity contribution < 1.29 is 26.7 Å². The summed E-state index contributed by atoms with van der Waals surface area (Å²) in [6.45, 7) is 1.50. The van der Waals surface area contributed by atoms with Gasteiger partial charge < -0.3 is 5.11 Å². The van der Waals surface area contributed by atoms with Crippen LogP contribution in [-0.4, -0.2) is 26.2 Å². The summed E-state index contributed by atoms with van der Waals surface area (Å²) in [7, 11) is -4.34. The van der Waals surface area contributed by atoms with Gasteiger partial charge in [0.15, 0.2) is 11.6 Å². The van der Waals surface area contributed by atoms with E-state index in [-0.39, 0.29) is 12.7 Å². The molecule has 21 heavy (non-hydrogen) atoms. The van der Waals surface area contributed by atoms with E-state index in [1.165, 1.54) is 0 Å². The van der Waals surface area contributed by atoms with Crippen molar-refractivity contribution in [2.45, 2.75) is 37.1 Å². The van der Waals surface area contributed by atoms with Crippen molar-refractivity contribution in [3.05, 3.63) is 29.6 Å². The molecule has 2 atom stereocenters. The number of halogens is 3. The number of aliphatic hydroxyl groups is 1. The lowest BCUT2D eigenvalue weighted by atomic mass is 9.86. The Morgan fingerprint density at radius 3 is 2.52 bits per heavy atom. The standard InChI is InChI=1S/C13H16F3NO3S/c1-13(7-18)4-2-3-12(13)17-21(19,20)11-6-9(15)8(14)5-10(11)16/h5-6,12,17-18H,2-4,7H2,1H3. The Bertz CT molecular complexity index is 650. The molecular formula is C13H16F3NO3S. The predicted octanol–water partition coefficient (Wildman–Crippen LogP) is 1.93. The molecule has 1 aliphatic rings. The van der Waals surface area contributed by atoms with Crippen molar-refractivity contribution in [3.8, 4) is 0 Å². The van der Waals surface area contributed by atoms with Crippen LogP contribution in [0.4, 0.5) is 13.2 Å². The SMILES string of the molecule is CC1(CO)CCCC1NS(=O)(=O)c1cc(F)c(F)cc1F. The first-order valence-corrected chi connectivity index (χ1v) is 7.96. The minimum Gasteiger partial charge on any atom is -0.396 e. The van der Waals surface area contributed by atoms with Gasteiger partial charge in [-0.15, -0.1) is 0 Å². The third-order valence-corrected chi connectivity index (χ3v) is 5.49. The topological polar surface area (TPSA) is 66.4 Å². The quantitative estimate of drug-likeness (QED) is 0.832. The van der Waals surface area contributed by atoms with E-state index in [1.54, 1.807) is 6.92 Å². The average molecular weight is 323 g/mol. The summed E-state index contributed by atoms with van der Waals surface area (Å²) in [6.07, 6.45) is 1.82. The van der Waals surface area contributed by atoms with Crippen molar-refractivity contribution in [1.82, 2.24) is 4.72 Å². The summed E-state index contributed by atoms with van der Waals surface area (Å²) >= 11 is 0. The van der Waals surface area contributed by atoms with Crippen LogP contribution in [0.2, 0.25) is 0 Å². The number of aliphatic hydroxyl groups excluding tert-OH is 1. The molecule has 2 unspecified atom stereocenters. The van der Waals surface area contributed by atoms with Crippen LogP contribution in [-0.2, 0) is 10.0 Å². The van der Waals surface area contributed by atoms with Gasteiger partial charge in [-0.1, -0.05) is 13.3 Å². The molecule has 1 saturated carbocycles. The summed E-state index contributed by atoms with van der Waals surface area (Å²) in [5, 5.41) is 9.38. The normalized spacial score (nSPS) is 26.2. The second-order valence-corrected chi connectivity index (χ2v) is 7.26. The third-order valence-electron chi connectivity index (χ3n) is 4.00. The molecule has 1 aromatic rings. The van der Waals surface area contributed by atoms with E-state index in [4.69, 9.17) is 0 Å². The zero-order chi connectivity index (χ0) is 15.8. The molecular weight excluding hydrogens is 307 g/mol. The minimum atomic E-state index is -4.34. The van der Waals surface area contributed by atoms with Gasteiger partial charge in [-0.25, -0.2) is 26.3 Å². The number of hydrogen-bond acceptors (Lipinski definition) is 3. The maximum Gasteiger partial charge on any atom is 0.243 e. The highest BCUT2D eigenvalue weighted by atomic mass is 32.2. The van der Waals surface area contributed by atoms with Crippen LogP contribution in [0.25, 0.3) is 0 Å². The number of hydrogen-bond donors (Lipinski definition) is 2. The molecule has 2 N–H and O–H groups in total. The molecule has 1 aliphatic carbocycles. The molecule has 1 fully saturated rings. The average Bonchev–Trinajstić information content (AvgIpc) is 2.75. The maximum absolute atomic E-state index is 13.6. The van der Waals surface area contributed by atoms with Gasteiger partial charge in [0.25, 0.3) is 0 Å². The van der Waals surface area contributed by atoms with Crippen LogP contribution in [0.1, 0.15) is 26.2 Å². The summed E-state index contributed by atoms with van der Waals surface area (Å²) in [5.41, 5.74) is -0.651. The van der Waals surface area contributed by atoms with Gasteiger partial charge in [0.1, 0.15) is 10.7 Å². The van der Waals surface area contributed by atoms with Crippen LogP contribution in [0, 0.1) is 22.9 Å². The van der Waals surface area contributed by atoms with Crippen LogP contribution in [0.15, 0.2) is 17.0 Å². The predicted molar refractivity (Wildman–Crippen MR) is 69.5 cm³/mol. The largest absolute Gasteiger partial charge is 0.396 e. The van der Waals surface area contributed by atoms with E-state index in [0.717, 1.165) is 0 Å². The number of nitrogens with one attached hydrogen (secondary N) is 1. The van der Waals surface area contributed by atoms with E-state index < -0.39 is 43.8 Å². The molecule has 118 valence electrons. The van der Waals surface area contributed by atoms with Gasteiger partial charge in [0, 0.05) is 24.1 Å². The first-order chi connectivity index (χ1) is 9.69. The maximum atomic E-state index is 13.6. The fraction of sp³-hybridized carbons (Fsp3) is 0.538. The molecule has 4 nitrogen and oxygen atoms in total. The van der Waals surface area contributed by atoms with Crippen LogP contribution in [0.3, 0.4) is 0 Å². The zero-order valence-corrected chi connectivity index (χ0v) is 12.2. The van der Waals surface area contributed by atoms with Crippen LogP contribution in [0.5, 0.6) is 0 Å². The Morgan fingerprint density at radius 1 is 1.29 bits per heavy atom. The second-order valence-electron chi connectivity index (χ2n) is 5.57. The van der Waals surface area contributed by atoms with E-state index in [0.29, 0.717) is 25.3 Å². The van der Waals surface area contributed by atoms with Crippen LogP contribution >= 0.6 is 0 Å². The van der Waals surface area contributed by atoms with Gasteiger partial charge >= 0.3 is 0 Å². The monoisotopic (exact) mass is 323 g/mol. The Labute approximate surface area is 121 Å². The first-order valence-electron chi connectivity index (χ1n) is 6.47. The smallest absolute Gasteiger partial charge is 0.243 e. The van der Waals surface area contributed by atoms with Crippen molar-refractivity contribution in [3.63, 3.8) is 0 Å². The van der Waals surface area contributed by atoms with E-state index in [1.807, 2.05) is 0 Å². The van der Waals surface area contributed by atoms with E-state index in [9.17, 15) is 26.7 Å². The highest BCUT2D eigenvalue weighted by Crippen LogP contribution is 2.38. The van der Waals surface area contributed by atoms with E-state index >= 15 is 0 Å². The summed E-state index contributed by atoms with van der Waals surface area (Å²) in [6, 6.07) is -0.0674. The van der Waals surface area contributed by atoms with Crippen LogP contribution < -0.4 is 4.72 Å².